The lowest BCUT2D eigenvalue weighted by molar-refractivity contribution is -0.149. The van der Waals surface area contributed by atoms with E-state index in [-0.39, 0.29) is 6.61 Å². The molecule has 1 saturated heterocycles. The Balaban J connectivity index is 1.24. The van der Waals surface area contributed by atoms with E-state index in [4.69, 9.17) is 9.57 Å². The molecule has 0 unspecified atom stereocenters. The topological polar surface area (TPSA) is 75.2 Å². The minimum Gasteiger partial charge on any atom is -0.481 e. The molecule has 1 amide bonds. The number of carbonyl (C=O) groups excluding carboxylic acids is 2. The van der Waals surface area contributed by atoms with Gasteiger partial charge in [0.1, 0.15) is 5.69 Å². The van der Waals surface area contributed by atoms with E-state index in [0.29, 0.717) is 11.4 Å². The monoisotopic (exact) mass is 460 g/mol. The number of hydrogen-bond donors (Lipinski definition) is 0. The molecule has 0 spiro atoms. The van der Waals surface area contributed by atoms with Crippen LogP contribution in [0.25, 0.3) is 10.9 Å². The number of benzene rings is 2. The first kappa shape index (κ1) is 22.2. The molecule has 0 radical (unpaired) electrons. The highest BCUT2D eigenvalue weighted by Gasteiger charge is 2.30. The molecule has 0 N–H and O–H groups in total. The van der Waals surface area contributed by atoms with Crippen LogP contribution < -0.4 is 14.7 Å². The molecule has 176 valence electrons. The molecule has 34 heavy (non-hydrogen) atoms. The fraction of sp³-hybridized carbons (Fsp3) is 0.346. The fourth-order valence-corrected chi connectivity index (χ4v) is 4.66. The number of nitrogens with zero attached hydrogens (tertiary/aromatic N) is 4. The molecule has 8 nitrogen and oxygen atoms in total. The normalized spacial score (nSPS) is 16.4. The van der Waals surface area contributed by atoms with Gasteiger partial charge in [0.2, 0.25) is 0 Å². The summed E-state index contributed by atoms with van der Waals surface area (Å²) in [6.45, 7) is 7.86. The van der Waals surface area contributed by atoms with Crippen molar-refractivity contribution in [1.82, 2.24) is 9.88 Å². The van der Waals surface area contributed by atoms with Crippen molar-refractivity contribution < 1.29 is 19.2 Å². The zero-order valence-corrected chi connectivity index (χ0v) is 19.5. The Morgan fingerprint density at radius 1 is 1.03 bits per heavy atom. The van der Waals surface area contributed by atoms with E-state index in [2.05, 4.69) is 45.1 Å². The summed E-state index contributed by atoms with van der Waals surface area (Å²) in [5.41, 5.74) is 4.79. The lowest BCUT2D eigenvalue weighted by Crippen LogP contribution is -2.47. The quantitative estimate of drug-likeness (QED) is 0.579. The Bertz CT molecular complexity index is 1240. The zero-order valence-electron chi connectivity index (χ0n) is 19.5. The Morgan fingerprint density at radius 3 is 2.59 bits per heavy atom. The van der Waals surface area contributed by atoms with Gasteiger partial charge in [-0.2, -0.15) is 0 Å². The number of piperazine rings is 1. The Hall–Kier alpha value is -3.65. The molecule has 0 saturated carbocycles. The maximum atomic E-state index is 12.2. The number of rotatable bonds is 5. The summed E-state index contributed by atoms with van der Waals surface area (Å²) in [4.78, 5) is 38.3. The second kappa shape index (κ2) is 9.30. The van der Waals surface area contributed by atoms with Gasteiger partial charge in [-0.3, -0.25) is 14.7 Å². The summed E-state index contributed by atoms with van der Waals surface area (Å²) in [6, 6.07) is 16.2. The first-order valence-electron chi connectivity index (χ1n) is 11.6. The van der Waals surface area contributed by atoms with Crippen LogP contribution in [0.15, 0.2) is 48.5 Å². The van der Waals surface area contributed by atoms with E-state index in [0.717, 1.165) is 61.0 Å². The number of fused-ring (bicyclic) bond motifs is 2. The predicted molar refractivity (Wildman–Crippen MR) is 130 cm³/mol. The second-order valence-corrected chi connectivity index (χ2v) is 8.70. The molecule has 0 bridgehead atoms. The zero-order chi connectivity index (χ0) is 23.7. The van der Waals surface area contributed by atoms with Crippen LogP contribution in [-0.4, -0.2) is 61.1 Å². The predicted octanol–water partition coefficient (Wildman–Crippen LogP) is 3.11. The highest BCUT2D eigenvalue weighted by molar-refractivity contribution is 5.97. The minimum atomic E-state index is -0.540. The summed E-state index contributed by atoms with van der Waals surface area (Å²) < 4.78 is 5.73. The molecular formula is C26H28N4O4. The average molecular weight is 461 g/mol. The Morgan fingerprint density at radius 2 is 1.79 bits per heavy atom. The summed E-state index contributed by atoms with van der Waals surface area (Å²) in [6.07, 6.45) is 0.780. The van der Waals surface area contributed by atoms with Gasteiger partial charge in [0.15, 0.2) is 12.4 Å². The van der Waals surface area contributed by atoms with Crippen LogP contribution in [-0.2, 0) is 20.8 Å². The number of para-hydroxylation sites is 1. The standard InChI is InChI=1S/C26H28N4O4/c1-18-9-10-21-22(27-18)6-4-7-23(21)29-15-13-28(14-16-29)12-11-20-5-3-8-24-26(20)33-17-25(32)30(24)34-19(2)31/h3-10H,11-17H2,1-2H3. The minimum absolute atomic E-state index is 0.143. The summed E-state index contributed by atoms with van der Waals surface area (Å²) in [7, 11) is 0. The third-order valence-electron chi connectivity index (χ3n) is 6.34. The van der Waals surface area contributed by atoms with Crippen molar-refractivity contribution in [1.29, 1.82) is 0 Å². The lowest BCUT2D eigenvalue weighted by atomic mass is 10.1. The highest BCUT2D eigenvalue weighted by atomic mass is 16.7. The molecule has 3 heterocycles. The van der Waals surface area contributed by atoms with Gasteiger partial charge in [-0.05, 0) is 49.2 Å². The van der Waals surface area contributed by atoms with Crippen molar-refractivity contribution in [3.63, 3.8) is 0 Å². The average Bonchev–Trinajstić information content (AvgIpc) is 2.84. The van der Waals surface area contributed by atoms with Crippen LogP contribution in [0.5, 0.6) is 5.75 Å². The van der Waals surface area contributed by atoms with Crippen LogP contribution in [0.4, 0.5) is 11.4 Å². The van der Waals surface area contributed by atoms with Crippen LogP contribution in [0.1, 0.15) is 18.2 Å². The largest absolute Gasteiger partial charge is 0.481 e. The number of anilines is 2. The van der Waals surface area contributed by atoms with Gasteiger partial charge in [-0.1, -0.05) is 18.2 Å². The van der Waals surface area contributed by atoms with Crippen LogP contribution >= 0.6 is 0 Å². The number of carbonyl (C=O) groups is 2. The molecule has 2 aliphatic rings. The molecule has 1 aromatic heterocycles. The molecule has 2 aliphatic heterocycles. The van der Waals surface area contributed by atoms with Crippen molar-refractivity contribution in [2.75, 3.05) is 49.3 Å². The third kappa shape index (κ3) is 4.41. The number of hydroxylamine groups is 1. The number of aromatic nitrogens is 1. The van der Waals surface area contributed by atoms with Crippen LogP contribution in [0.3, 0.4) is 0 Å². The summed E-state index contributed by atoms with van der Waals surface area (Å²) >= 11 is 0. The van der Waals surface area contributed by atoms with Crippen LogP contribution in [0, 0.1) is 6.92 Å². The molecule has 3 aromatic rings. The van der Waals surface area contributed by atoms with Gasteiger partial charge in [0.05, 0.1) is 5.52 Å². The van der Waals surface area contributed by atoms with Gasteiger partial charge >= 0.3 is 5.97 Å². The third-order valence-corrected chi connectivity index (χ3v) is 6.34. The highest BCUT2D eigenvalue weighted by Crippen LogP contribution is 2.36. The molecule has 0 atom stereocenters. The van der Waals surface area contributed by atoms with Crippen molar-refractivity contribution >= 4 is 34.2 Å². The van der Waals surface area contributed by atoms with E-state index in [1.807, 2.05) is 19.1 Å². The maximum absolute atomic E-state index is 12.2. The lowest BCUT2D eigenvalue weighted by Gasteiger charge is -2.36. The molecule has 8 heteroatoms. The van der Waals surface area contributed by atoms with Crippen molar-refractivity contribution in [2.24, 2.45) is 0 Å². The van der Waals surface area contributed by atoms with Gasteiger partial charge in [0, 0.05) is 56.4 Å². The summed E-state index contributed by atoms with van der Waals surface area (Å²) in [5.74, 6) is -0.322. The van der Waals surface area contributed by atoms with E-state index in [1.165, 1.54) is 18.0 Å². The SMILES string of the molecule is CC(=O)ON1C(=O)COc2c(CCN3CCN(c4cccc5nc(C)ccc45)CC3)cccc21. The summed E-state index contributed by atoms with van der Waals surface area (Å²) in [5, 5.41) is 2.24. The molecule has 0 aliphatic carbocycles. The van der Waals surface area contributed by atoms with Gasteiger partial charge < -0.3 is 14.5 Å². The number of hydrogen-bond acceptors (Lipinski definition) is 7. The van der Waals surface area contributed by atoms with Gasteiger partial charge in [0.25, 0.3) is 5.91 Å². The van der Waals surface area contributed by atoms with E-state index < -0.39 is 11.9 Å². The van der Waals surface area contributed by atoms with E-state index >= 15 is 0 Å². The van der Waals surface area contributed by atoms with E-state index in [1.54, 1.807) is 6.07 Å². The van der Waals surface area contributed by atoms with Crippen molar-refractivity contribution in [2.45, 2.75) is 20.3 Å². The number of aryl methyl sites for hydroxylation is 1. The first-order chi connectivity index (χ1) is 16.5. The second-order valence-electron chi connectivity index (χ2n) is 8.70. The van der Waals surface area contributed by atoms with E-state index in [9.17, 15) is 9.59 Å². The molecule has 1 fully saturated rings. The van der Waals surface area contributed by atoms with Crippen molar-refractivity contribution in [3.05, 3.63) is 59.8 Å². The molecule has 2 aromatic carbocycles. The smallest absolute Gasteiger partial charge is 0.330 e. The number of amides is 1. The Labute approximate surface area is 198 Å². The fourth-order valence-electron chi connectivity index (χ4n) is 4.66. The number of pyridine rings is 1. The molecular weight excluding hydrogens is 432 g/mol. The van der Waals surface area contributed by atoms with Crippen molar-refractivity contribution in [3.8, 4) is 5.75 Å². The van der Waals surface area contributed by atoms with Gasteiger partial charge in [-0.25, -0.2) is 4.79 Å². The molecule has 5 rings (SSSR count). The maximum Gasteiger partial charge on any atom is 0.330 e. The van der Waals surface area contributed by atoms with Crippen LogP contribution in [0.2, 0.25) is 0 Å². The van der Waals surface area contributed by atoms with Gasteiger partial charge in [-0.15, -0.1) is 5.06 Å². The Kier molecular flexibility index (Phi) is 6.06. The number of ether oxygens (including phenoxy) is 1. The first-order valence-corrected chi connectivity index (χ1v) is 11.6.